The van der Waals surface area contributed by atoms with Gasteiger partial charge in [0.1, 0.15) is 12.3 Å². The lowest BCUT2D eigenvalue weighted by Gasteiger charge is -2.22. The van der Waals surface area contributed by atoms with E-state index >= 15 is 0 Å². The highest BCUT2D eigenvalue weighted by Gasteiger charge is 2.18. The van der Waals surface area contributed by atoms with E-state index in [1.165, 1.54) is 24.5 Å². The Morgan fingerprint density at radius 1 is 1.19 bits per heavy atom. The molecule has 0 spiro atoms. The molecule has 0 bridgehead atoms. The lowest BCUT2D eigenvalue weighted by Crippen LogP contribution is -2.36. The molecule has 2 aromatic rings. The Morgan fingerprint density at radius 3 is 2.33 bits per heavy atom. The largest absolute Gasteiger partial charge is 0.495 e. The number of halogens is 1. The van der Waals surface area contributed by atoms with Gasteiger partial charge in [-0.3, -0.25) is 9.59 Å². The van der Waals surface area contributed by atoms with E-state index < -0.39 is 0 Å². The van der Waals surface area contributed by atoms with Crippen LogP contribution in [0.15, 0.2) is 36.4 Å². The molecule has 0 saturated carbocycles. The summed E-state index contributed by atoms with van der Waals surface area (Å²) in [5.41, 5.74) is 3.19. The van der Waals surface area contributed by atoms with Crippen molar-refractivity contribution in [2.45, 2.75) is 33.6 Å². The molecule has 0 aliphatic rings. The van der Waals surface area contributed by atoms with Crippen LogP contribution in [-0.4, -0.2) is 25.5 Å². The molecule has 6 heteroatoms. The van der Waals surface area contributed by atoms with Crippen molar-refractivity contribution < 1.29 is 14.3 Å². The lowest BCUT2D eigenvalue weighted by molar-refractivity contribution is -0.120. The fraction of sp³-hybridized carbons (Fsp3) is 0.333. The maximum absolute atomic E-state index is 12.5. The molecular weight excluding hydrogens is 364 g/mol. The zero-order chi connectivity index (χ0) is 20.1. The Hall–Kier alpha value is -2.53. The van der Waals surface area contributed by atoms with Crippen molar-refractivity contribution in [3.63, 3.8) is 0 Å². The minimum atomic E-state index is -0.321. The summed E-state index contributed by atoms with van der Waals surface area (Å²) < 4.78 is 5.27. The van der Waals surface area contributed by atoms with Gasteiger partial charge in [-0.1, -0.05) is 37.6 Å². The summed E-state index contributed by atoms with van der Waals surface area (Å²) in [6, 6.07) is 11.1. The molecule has 1 N–H and O–H groups in total. The predicted octanol–water partition coefficient (Wildman–Crippen LogP) is 4.77. The van der Waals surface area contributed by atoms with E-state index in [2.05, 4.69) is 19.2 Å². The SMILES string of the molecule is COc1cc(Cl)c(C)cc1NC(=O)CN(C(C)=O)c1ccc(C(C)C)cc1. The molecule has 0 saturated heterocycles. The highest BCUT2D eigenvalue weighted by atomic mass is 35.5. The maximum Gasteiger partial charge on any atom is 0.244 e. The number of benzene rings is 2. The Kier molecular flexibility index (Phi) is 6.86. The van der Waals surface area contributed by atoms with Crippen molar-refractivity contribution >= 4 is 34.8 Å². The molecule has 5 nitrogen and oxygen atoms in total. The second-order valence-electron chi connectivity index (χ2n) is 6.70. The van der Waals surface area contributed by atoms with Gasteiger partial charge in [-0.05, 0) is 42.2 Å². The van der Waals surface area contributed by atoms with Crippen LogP contribution in [0.1, 0.15) is 37.8 Å². The van der Waals surface area contributed by atoms with E-state index in [9.17, 15) is 9.59 Å². The monoisotopic (exact) mass is 388 g/mol. The number of anilines is 2. The molecule has 0 radical (unpaired) electrons. The predicted molar refractivity (Wildman–Crippen MR) is 110 cm³/mol. The van der Waals surface area contributed by atoms with Crippen LogP contribution in [0.2, 0.25) is 5.02 Å². The summed E-state index contributed by atoms with van der Waals surface area (Å²) in [5, 5.41) is 3.35. The number of carbonyl (C=O) groups is 2. The van der Waals surface area contributed by atoms with Crippen molar-refractivity contribution in [3.05, 3.63) is 52.5 Å². The van der Waals surface area contributed by atoms with Gasteiger partial charge in [-0.2, -0.15) is 0 Å². The molecule has 0 fully saturated rings. The van der Waals surface area contributed by atoms with Crippen LogP contribution in [0, 0.1) is 6.92 Å². The van der Waals surface area contributed by atoms with Gasteiger partial charge < -0.3 is 15.0 Å². The quantitative estimate of drug-likeness (QED) is 0.775. The number of aryl methyl sites for hydroxylation is 1. The third kappa shape index (κ3) is 5.23. The van der Waals surface area contributed by atoms with Crippen LogP contribution in [0.5, 0.6) is 5.75 Å². The molecule has 0 heterocycles. The highest BCUT2D eigenvalue weighted by molar-refractivity contribution is 6.31. The number of nitrogens with one attached hydrogen (secondary N) is 1. The fourth-order valence-corrected chi connectivity index (χ4v) is 2.84. The standard InChI is InChI=1S/C21H25ClN2O3/c1-13(2)16-6-8-17(9-7-16)24(15(4)25)12-21(26)23-19-10-14(3)18(22)11-20(19)27-5/h6-11,13H,12H2,1-5H3,(H,23,26). The van der Waals surface area contributed by atoms with E-state index in [0.29, 0.717) is 28.1 Å². The Morgan fingerprint density at radius 2 is 1.81 bits per heavy atom. The summed E-state index contributed by atoms with van der Waals surface area (Å²) in [7, 11) is 1.51. The number of carbonyl (C=O) groups excluding carboxylic acids is 2. The zero-order valence-corrected chi connectivity index (χ0v) is 17.1. The molecule has 0 atom stereocenters. The molecule has 0 unspecified atom stereocenters. The van der Waals surface area contributed by atoms with Gasteiger partial charge >= 0.3 is 0 Å². The smallest absolute Gasteiger partial charge is 0.244 e. The van der Waals surface area contributed by atoms with Gasteiger partial charge in [0.2, 0.25) is 11.8 Å². The molecule has 27 heavy (non-hydrogen) atoms. The van der Waals surface area contributed by atoms with Crippen LogP contribution < -0.4 is 15.0 Å². The van der Waals surface area contributed by atoms with Crippen LogP contribution >= 0.6 is 11.6 Å². The van der Waals surface area contributed by atoms with Crippen molar-refractivity contribution in [2.24, 2.45) is 0 Å². The van der Waals surface area contributed by atoms with Gasteiger partial charge in [-0.25, -0.2) is 0 Å². The summed E-state index contributed by atoms with van der Waals surface area (Å²) in [6.07, 6.45) is 0. The van der Waals surface area contributed by atoms with E-state index in [1.54, 1.807) is 12.1 Å². The molecule has 0 aliphatic heterocycles. The second-order valence-corrected chi connectivity index (χ2v) is 7.11. The summed E-state index contributed by atoms with van der Waals surface area (Å²) in [5.74, 6) is 0.336. The first-order chi connectivity index (χ1) is 12.7. The minimum absolute atomic E-state index is 0.0960. The van der Waals surface area contributed by atoms with Gasteiger partial charge in [0.25, 0.3) is 0 Å². The number of amides is 2. The molecule has 0 aliphatic carbocycles. The lowest BCUT2D eigenvalue weighted by atomic mass is 10.0. The molecule has 0 aromatic heterocycles. The zero-order valence-electron chi connectivity index (χ0n) is 16.3. The van der Waals surface area contributed by atoms with Gasteiger partial charge in [0, 0.05) is 23.7 Å². The van der Waals surface area contributed by atoms with Gasteiger partial charge in [-0.15, -0.1) is 0 Å². The third-order valence-corrected chi connectivity index (χ3v) is 4.72. The first kappa shape index (κ1) is 20.8. The molecule has 2 amide bonds. The van der Waals surface area contributed by atoms with Crippen LogP contribution in [-0.2, 0) is 9.59 Å². The molecular formula is C21H25ClN2O3. The molecule has 2 rings (SSSR count). The molecule has 2 aromatic carbocycles. The first-order valence-electron chi connectivity index (χ1n) is 8.75. The van der Waals surface area contributed by atoms with E-state index in [4.69, 9.17) is 16.3 Å². The van der Waals surface area contributed by atoms with Crippen molar-refractivity contribution in [2.75, 3.05) is 23.9 Å². The number of rotatable bonds is 6. The third-order valence-electron chi connectivity index (χ3n) is 4.31. The number of hydrogen-bond donors (Lipinski definition) is 1. The van der Waals surface area contributed by atoms with Crippen molar-refractivity contribution in [1.82, 2.24) is 0 Å². The maximum atomic E-state index is 12.5. The van der Waals surface area contributed by atoms with Gasteiger partial charge in [0.05, 0.1) is 12.8 Å². The second kappa shape index (κ2) is 8.91. The number of nitrogens with zero attached hydrogens (tertiary/aromatic N) is 1. The van der Waals surface area contributed by atoms with E-state index in [0.717, 1.165) is 5.56 Å². The van der Waals surface area contributed by atoms with E-state index in [-0.39, 0.29) is 18.4 Å². The first-order valence-corrected chi connectivity index (χ1v) is 9.12. The Bertz CT molecular complexity index is 832. The molecule has 144 valence electrons. The summed E-state index contributed by atoms with van der Waals surface area (Å²) in [4.78, 5) is 26.1. The average Bonchev–Trinajstić information content (AvgIpc) is 2.62. The van der Waals surface area contributed by atoms with E-state index in [1.807, 2.05) is 31.2 Å². The Balaban J connectivity index is 2.18. The topological polar surface area (TPSA) is 58.6 Å². The van der Waals surface area contributed by atoms with Crippen LogP contribution in [0.3, 0.4) is 0 Å². The average molecular weight is 389 g/mol. The van der Waals surface area contributed by atoms with Crippen LogP contribution in [0.4, 0.5) is 11.4 Å². The Labute approximate surface area is 165 Å². The minimum Gasteiger partial charge on any atom is -0.495 e. The van der Waals surface area contributed by atoms with Crippen molar-refractivity contribution in [3.8, 4) is 5.75 Å². The van der Waals surface area contributed by atoms with Gasteiger partial charge in [0.15, 0.2) is 0 Å². The van der Waals surface area contributed by atoms with Crippen molar-refractivity contribution in [1.29, 1.82) is 0 Å². The summed E-state index contributed by atoms with van der Waals surface area (Å²) in [6.45, 7) is 7.40. The fourth-order valence-electron chi connectivity index (χ4n) is 2.69. The number of ether oxygens (including phenoxy) is 1. The number of methoxy groups -OCH3 is 1. The highest BCUT2D eigenvalue weighted by Crippen LogP contribution is 2.31. The van der Waals surface area contributed by atoms with Crippen LogP contribution in [0.25, 0.3) is 0 Å². The number of hydrogen-bond acceptors (Lipinski definition) is 3. The summed E-state index contributed by atoms with van der Waals surface area (Å²) >= 11 is 6.10. The normalized spacial score (nSPS) is 10.6.